The third kappa shape index (κ3) is 4.88. The van der Waals surface area contributed by atoms with Gasteiger partial charge in [0.1, 0.15) is 12.4 Å². The van der Waals surface area contributed by atoms with E-state index in [0.29, 0.717) is 6.61 Å². The molecule has 24 heavy (non-hydrogen) atoms. The van der Waals surface area contributed by atoms with Crippen LogP contribution in [0.4, 0.5) is 11.4 Å². The maximum Gasteiger partial charge on any atom is 0.243 e. The molecule has 0 saturated heterocycles. The van der Waals surface area contributed by atoms with Crippen molar-refractivity contribution in [2.45, 2.75) is 20.8 Å². The molecule has 0 aliphatic heterocycles. The average Bonchev–Trinajstić information content (AvgIpc) is 2.54. The van der Waals surface area contributed by atoms with Gasteiger partial charge in [0.25, 0.3) is 0 Å². The number of anilines is 2. The molecule has 2 aromatic rings. The molecule has 0 heterocycles. The van der Waals surface area contributed by atoms with E-state index >= 15 is 0 Å². The van der Waals surface area contributed by atoms with Crippen molar-refractivity contribution in [2.75, 3.05) is 23.8 Å². The normalized spacial score (nSPS) is 10.1. The maximum atomic E-state index is 12.2. The Morgan fingerprint density at radius 3 is 2.54 bits per heavy atom. The van der Waals surface area contributed by atoms with Crippen molar-refractivity contribution < 1.29 is 9.53 Å². The summed E-state index contributed by atoms with van der Waals surface area (Å²) in [5.74, 6) is 0.660. The van der Waals surface area contributed by atoms with Gasteiger partial charge in [-0.1, -0.05) is 36.4 Å². The van der Waals surface area contributed by atoms with Gasteiger partial charge in [0.2, 0.25) is 5.91 Å². The van der Waals surface area contributed by atoms with Crippen molar-refractivity contribution in [3.05, 3.63) is 65.7 Å². The van der Waals surface area contributed by atoms with E-state index in [1.54, 1.807) is 6.08 Å². The number of rotatable bonds is 7. The Morgan fingerprint density at radius 1 is 1.17 bits per heavy atom. The molecule has 0 fully saturated rings. The van der Waals surface area contributed by atoms with Gasteiger partial charge in [0, 0.05) is 17.4 Å². The van der Waals surface area contributed by atoms with Gasteiger partial charge in [-0.15, -0.1) is 0 Å². The van der Waals surface area contributed by atoms with Gasteiger partial charge in [-0.2, -0.15) is 0 Å². The van der Waals surface area contributed by atoms with E-state index in [2.05, 4.69) is 36.3 Å². The van der Waals surface area contributed by atoms with Crippen molar-refractivity contribution in [1.82, 2.24) is 0 Å². The Hall–Kier alpha value is -2.75. The molecule has 0 atom stereocenters. The first kappa shape index (κ1) is 17.6. The van der Waals surface area contributed by atoms with Crippen molar-refractivity contribution >= 4 is 17.3 Å². The smallest absolute Gasteiger partial charge is 0.243 e. The minimum atomic E-state index is -0.0810. The van der Waals surface area contributed by atoms with E-state index in [1.807, 2.05) is 38.1 Å². The highest BCUT2D eigenvalue weighted by molar-refractivity contribution is 5.95. The summed E-state index contributed by atoms with van der Waals surface area (Å²) in [5.41, 5.74) is 5.05. The van der Waals surface area contributed by atoms with Gasteiger partial charge in [0.15, 0.2) is 0 Å². The Labute approximate surface area is 143 Å². The zero-order valence-electron chi connectivity index (χ0n) is 14.5. The second kappa shape index (κ2) is 8.20. The first-order valence-electron chi connectivity index (χ1n) is 7.95. The fourth-order valence-corrected chi connectivity index (χ4v) is 2.59. The van der Waals surface area contributed by atoms with Crippen LogP contribution in [0.2, 0.25) is 0 Å². The highest BCUT2D eigenvalue weighted by Crippen LogP contribution is 2.22. The summed E-state index contributed by atoms with van der Waals surface area (Å²) < 4.78 is 5.48. The van der Waals surface area contributed by atoms with Crippen LogP contribution >= 0.6 is 0 Å². The molecule has 4 nitrogen and oxygen atoms in total. The second-order valence-electron chi connectivity index (χ2n) is 5.80. The zero-order chi connectivity index (χ0) is 17.5. The predicted octanol–water partition coefficient (Wildman–Crippen LogP) is 4.23. The number of amides is 1. The molecule has 2 rings (SSSR count). The third-order valence-electron chi connectivity index (χ3n) is 3.60. The maximum absolute atomic E-state index is 12.2. The van der Waals surface area contributed by atoms with Crippen molar-refractivity contribution in [3.8, 4) is 5.75 Å². The number of aryl methyl sites for hydroxylation is 3. The van der Waals surface area contributed by atoms with Crippen molar-refractivity contribution in [2.24, 2.45) is 0 Å². The number of ether oxygens (including phenoxy) is 1. The molecule has 0 aromatic heterocycles. The van der Waals surface area contributed by atoms with Crippen molar-refractivity contribution in [3.63, 3.8) is 0 Å². The van der Waals surface area contributed by atoms with Gasteiger partial charge in [-0.3, -0.25) is 4.79 Å². The molecule has 2 aromatic carbocycles. The minimum absolute atomic E-state index is 0.0810. The van der Waals surface area contributed by atoms with Gasteiger partial charge in [-0.05, 0) is 44.0 Å². The van der Waals surface area contributed by atoms with Crippen LogP contribution < -0.4 is 15.4 Å². The lowest BCUT2D eigenvalue weighted by atomic mass is 10.1. The molecule has 4 heteroatoms. The summed E-state index contributed by atoms with van der Waals surface area (Å²) in [5, 5.41) is 6.09. The second-order valence-corrected chi connectivity index (χ2v) is 5.80. The standard InChI is InChI=1S/C20H24N2O2/c1-5-9-24-18-8-6-7-17(12-18)21-13-19(23)22-20-15(3)10-14(2)11-16(20)4/h5-8,10-12,21H,1,9,13H2,2-4H3,(H,22,23). The molecule has 0 spiro atoms. The SMILES string of the molecule is C=CCOc1cccc(NCC(=O)Nc2c(C)cc(C)cc2C)c1. The first-order chi connectivity index (χ1) is 11.5. The Morgan fingerprint density at radius 2 is 1.88 bits per heavy atom. The van der Waals surface area contributed by atoms with Crippen LogP contribution in [0, 0.1) is 20.8 Å². The Bertz CT molecular complexity index is 715. The van der Waals surface area contributed by atoms with E-state index in [9.17, 15) is 4.79 Å². The number of benzene rings is 2. The first-order valence-corrected chi connectivity index (χ1v) is 7.95. The number of hydrogen-bond acceptors (Lipinski definition) is 3. The highest BCUT2D eigenvalue weighted by atomic mass is 16.5. The molecule has 0 unspecified atom stereocenters. The summed E-state index contributed by atoms with van der Waals surface area (Å²) in [6.45, 7) is 10.3. The van der Waals surface area contributed by atoms with Gasteiger partial charge in [0.05, 0.1) is 6.54 Å². The summed E-state index contributed by atoms with van der Waals surface area (Å²) in [7, 11) is 0. The summed E-state index contributed by atoms with van der Waals surface area (Å²) >= 11 is 0. The number of carbonyl (C=O) groups excluding carboxylic acids is 1. The molecule has 2 N–H and O–H groups in total. The predicted molar refractivity (Wildman–Crippen MR) is 99.9 cm³/mol. The number of nitrogens with one attached hydrogen (secondary N) is 2. The fourth-order valence-electron chi connectivity index (χ4n) is 2.59. The van der Waals surface area contributed by atoms with E-state index < -0.39 is 0 Å². The highest BCUT2D eigenvalue weighted by Gasteiger charge is 2.08. The van der Waals surface area contributed by atoms with Gasteiger partial charge < -0.3 is 15.4 Å². The number of carbonyl (C=O) groups is 1. The van der Waals surface area contributed by atoms with Gasteiger partial charge in [-0.25, -0.2) is 0 Å². The monoisotopic (exact) mass is 324 g/mol. The summed E-state index contributed by atoms with van der Waals surface area (Å²) in [6.07, 6.45) is 1.69. The van der Waals surface area contributed by atoms with Crippen LogP contribution in [-0.4, -0.2) is 19.1 Å². The van der Waals surface area contributed by atoms with Gasteiger partial charge >= 0.3 is 0 Å². The topological polar surface area (TPSA) is 50.4 Å². The van der Waals surface area contributed by atoms with E-state index in [4.69, 9.17) is 4.74 Å². The lowest BCUT2D eigenvalue weighted by Gasteiger charge is -2.14. The third-order valence-corrected chi connectivity index (χ3v) is 3.60. The van der Waals surface area contributed by atoms with Crippen LogP contribution in [0.5, 0.6) is 5.75 Å². The van der Waals surface area contributed by atoms with Crippen LogP contribution in [0.3, 0.4) is 0 Å². The number of hydrogen-bond donors (Lipinski definition) is 2. The van der Waals surface area contributed by atoms with E-state index in [1.165, 1.54) is 5.56 Å². The van der Waals surface area contributed by atoms with Crippen LogP contribution in [-0.2, 0) is 4.79 Å². The van der Waals surface area contributed by atoms with Crippen LogP contribution in [0.1, 0.15) is 16.7 Å². The minimum Gasteiger partial charge on any atom is -0.489 e. The lowest BCUT2D eigenvalue weighted by molar-refractivity contribution is -0.114. The Kier molecular flexibility index (Phi) is 6.01. The molecule has 0 aliphatic rings. The molecule has 126 valence electrons. The molecule has 1 amide bonds. The molecule has 0 saturated carbocycles. The quantitative estimate of drug-likeness (QED) is 0.750. The average molecular weight is 324 g/mol. The fraction of sp³-hybridized carbons (Fsp3) is 0.250. The van der Waals surface area contributed by atoms with Crippen LogP contribution in [0.25, 0.3) is 0 Å². The van der Waals surface area contributed by atoms with Crippen molar-refractivity contribution in [1.29, 1.82) is 0 Å². The largest absolute Gasteiger partial charge is 0.489 e. The molecule has 0 bridgehead atoms. The molecular formula is C20H24N2O2. The Balaban J connectivity index is 1.95. The summed E-state index contributed by atoms with van der Waals surface area (Å²) in [4.78, 5) is 12.2. The molecular weight excluding hydrogens is 300 g/mol. The molecule has 0 aliphatic carbocycles. The lowest BCUT2D eigenvalue weighted by Crippen LogP contribution is -2.22. The van der Waals surface area contributed by atoms with E-state index in [-0.39, 0.29) is 12.5 Å². The zero-order valence-corrected chi connectivity index (χ0v) is 14.5. The molecule has 0 radical (unpaired) electrons. The van der Waals surface area contributed by atoms with Crippen LogP contribution in [0.15, 0.2) is 49.1 Å². The van der Waals surface area contributed by atoms with E-state index in [0.717, 1.165) is 28.3 Å². The summed E-state index contributed by atoms with van der Waals surface area (Å²) in [6, 6.07) is 11.6.